The van der Waals surface area contributed by atoms with E-state index in [9.17, 15) is 9.59 Å². The molecule has 1 N–H and O–H groups in total. The molecule has 0 fully saturated rings. The molecule has 146 valence electrons. The second kappa shape index (κ2) is 7.50. The van der Waals surface area contributed by atoms with Gasteiger partial charge in [-0.3, -0.25) is 9.59 Å². The van der Waals surface area contributed by atoms with E-state index >= 15 is 0 Å². The van der Waals surface area contributed by atoms with Crippen LogP contribution < -0.4 is 10.2 Å². The third kappa shape index (κ3) is 3.59. The summed E-state index contributed by atoms with van der Waals surface area (Å²) < 4.78 is 0. The van der Waals surface area contributed by atoms with Gasteiger partial charge >= 0.3 is 0 Å². The van der Waals surface area contributed by atoms with Gasteiger partial charge in [0.15, 0.2) is 0 Å². The Kier molecular flexibility index (Phi) is 5.03. The van der Waals surface area contributed by atoms with Crippen LogP contribution in [-0.4, -0.2) is 11.8 Å². The third-order valence-corrected chi connectivity index (χ3v) is 6.05. The van der Waals surface area contributed by atoms with E-state index < -0.39 is 0 Å². The lowest BCUT2D eigenvalue weighted by atomic mass is 10.1. The van der Waals surface area contributed by atoms with Gasteiger partial charge in [-0.2, -0.15) is 0 Å². The van der Waals surface area contributed by atoms with Crippen molar-refractivity contribution in [1.82, 2.24) is 0 Å². The molecule has 1 aliphatic rings. The van der Waals surface area contributed by atoms with Crippen molar-refractivity contribution in [2.45, 2.75) is 20.8 Å². The van der Waals surface area contributed by atoms with E-state index in [4.69, 9.17) is 11.6 Å². The maximum Gasteiger partial charge on any atom is 0.282 e. The quantitative estimate of drug-likeness (QED) is 0.547. The molecule has 2 amide bonds. The molecular weight excluding hydrogens is 404 g/mol. The number of hydrogen-bond acceptors (Lipinski definition) is 4. The molecule has 0 bridgehead atoms. The van der Waals surface area contributed by atoms with Crippen LogP contribution in [0.15, 0.2) is 59.6 Å². The topological polar surface area (TPSA) is 49.4 Å². The maximum absolute atomic E-state index is 13.4. The molecule has 1 aliphatic heterocycles. The zero-order valence-electron chi connectivity index (χ0n) is 16.2. The average molecular weight is 423 g/mol. The van der Waals surface area contributed by atoms with Gasteiger partial charge in [-0.15, -0.1) is 11.3 Å². The number of carbonyl (C=O) groups excluding carboxylic acids is 2. The molecular formula is C23H19ClN2O2S. The number of hydrogen-bond donors (Lipinski definition) is 1. The van der Waals surface area contributed by atoms with Crippen LogP contribution >= 0.6 is 22.9 Å². The first kappa shape index (κ1) is 19.4. The van der Waals surface area contributed by atoms with E-state index in [0.717, 1.165) is 21.6 Å². The minimum Gasteiger partial charge on any atom is -0.350 e. The first-order valence-corrected chi connectivity index (χ1v) is 10.4. The Balaban J connectivity index is 1.81. The van der Waals surface area contributed by atoms with Crippen molar-refractivity contribution in [3.63, 3.8) is 0 Å². The summed E-state index contributed by atoms with van der Waals surface area (Å²) in [5.41, 5.74) is 4.79. The predicted octanol–water partition coefficient (Wildman–Crippen LogP) is 5.72. The van der Waals surface area contributed by atoms with Crippen molar-refractivity contribution in [1.29, 1.82) is 0 Å². The summed E-state index contributed by atoms with van der Waals surface area (Å²) in [5, 5.41) is 5.63. The standard InChI is InChI=1S/C23H19ClN2O2S/c1-13-9-14(2)11-17(10-13)26-22(27)20(19-5-4-8-29-19)21(23(26)28)25-16-7-6-15(3)18(24)12-16/h4-12,25H,1-3H3. The summed E-state index contributed by atoms with van der Waals surface area (Å²) in [6.07, 6.45) is 0. The predicted molar refractivity (Wildman–Crippen MR) is 119 cm³/mol. The number of halogens is 1. The highest BCUT2D eigenvalue weighted by Crippen LogP contribution is 2.36. The van der Waals surface area contributed by atoms with Gasteiger partial charge in [0.25, 0.3) is 11.8 Å². The van der Waals surface area contributed by atoms with E-state index in [1.807, 2.05) is 68.6 Å². The van der Waals surface area contributed by atoms with Crippen LogP contribution in [0.2, 0.25) is 5.02 Å². The Bertz CT molecular complexity index is 1150. The monoisotopic (exact) mass is 422 g/mol. The van der Waals surface area contributed by atoms with Crippen molar-refractivity contribution in [2.24, 2.45) is 0 Å². The molecule has 0 unspecified atom stereocenters. The molecule has 0 saturated heterocycles. The summed E-state index contributed by atoms with van der Waals surface area (Å²) in [6, 6.07) is 14.9. The molecule has 2 aromatic carbocycles. The fourth-order valence-corrected chi connectivity index (χ4v) is 4.37. The molecule has 0 saturated carbocycles. The van der Waals surface area contributed by atoms with Crippen LogP contribution in [0.1, 0.15) is 21.6 Å². The first-order valence-electron chi connectivity index (χ1n) is 9.13. The Hall–Kier alpha value is -2.89. The normalized spacial score (nSPS) is 14.1. The zero-order chi connectivity index (χ0) is 20.7. The number of rotatable bonds is 4. The molecule has 0 atom stereocenters. The van der Waals surface area contributed by atoms with Gasteiger partial charge in [0.2, 0.25) is 0 Å². The molecule has 1 aromatic heterocycles. The average Bonchev–Trinajstić information content (AvgIpc) is 3.24. The summed E-state index contributed by atoms with van der Waals surface area (Å²) >= 11 is 7.67. The van der Waals surface area contributed by atoms with E-state index in [1.165, 1.54) is 16.2 Å². The first-order chi connectivity index (χ1) is 13.8. The fourth-order valence-electron chi connectivity index (χ4n) is 3.42. The number of nitrogens with zero attached hydrogens (tertiary/aromatic N) is 1. The highest BCUT2D eigenvalue weighted by Gasteiger charge is 2.40. The lowest BCUT2D eigenvalue weighted by Gasteiger charge is -2.17. The number of anilines is 2. The van der Waals surface area contributed by atoms with E-state index in [2.05, 4.69) is 5.32 Å². The van der Waals surface area contributed by atoms with E-state index in [0.29, 0.717) is 22.0 Å². The third-order valence-electron chi connectivity index (χ3n) is 4.76. The minimum absolute atomic E-state index is 0.261. The molecule has 0 spiro atoms. The molecule has 2 heterocycles. The van der Waals surface area contributed by atoms with Crippen LogP contribution in [0.5, 0.6) is 0 Å². The van der Waals surface area contributed by atoms with Gasteiger partial charge in [-0.05, 0) is 73.2 Å². The van der Waals surface area contributed by atoms with Gasteiger partial charge in [-0.1, -0.05) is 29.8 Å². The maximum atomic E-state index is 13.4. The summed E-state index contributed by atoms with van der Waals surface area (Å²) in [6.45, 7) is 5.81. The minimum atomic E-state index is -0.375. The molecule has 0 radical (unpaired) electrons. The number of carbonyl (C=O) groups is 2. The number of imide groups is 1. The van der Waals surface area contributed by atoms with E-state index in [-0.39, 0.29) is 17.5 Å². The van der Waals surface area contributed by atoms with Crippen molar-refractivity contribution >= 4 is 51.7 Å². The molecule has 4 rings (SSSR count). The van der Waals surface area contributed by atoms with Gasteiger partial charge in [0.1, 0.15) is 5.70 Å². The van der Waals surface area contributed by atoms with Crippen LogP contribution in [0.3, 0.4) is 0 Å². The fraction of sp³-hybridized carbons (Fsp3) is 0.130. The SMILES string of the molecule is Cc1cc(C)cc(N2C(=O)C(Nc3ccc(C)c(Cl)c3)=C(c3cccs3)C2=O)c1. The number of benzene rings is 2. The van der Waals surface area contributed by atoms with Crippen LogP contribution in [-0.2, 0) is 9.59 Å². The van der Waals surface area contributed by atoms with Gasteiger partial charge in [-0.25, -0.2) is 4.90 Å². The number of aryl methyl sites for hydroxylation is 3. The second-order valence-electron chi connectivity index (χ2n) is 7.11. The van der Waals surface area contributed by atoms with Crippen molar-refractivity contribution in [2.75, 3.05) is 10.2 Å². The number of amides is 2. The molecule has 0 aliphatic carbocycles. The Morgan fingerprint density at radius 2 is 1.66 bits per heavy atom. The van der Waals surface area contributed by atoms with Gasteiger partial charge in [0, 0.05) is 15.6 Å². The highest BCUT2D eigenvalue weighted by atomic mass is 35.5. The Morgan fingerprint density at radius 3 is 2.28 bits per heavy atom. The summed E-state index contributed by atoms with van der Waals surface area (Å²) in [7, 11) is 0. The smallest absolute Gasteiger partial charge is 0.282 e. The molecule has 29 heavy (non-hydrogen) atoms. The van der Waals surface area contributed by atoms with E-state index in [1.54, 1.807) is 6.07 Å². The van der Waals surface area contributed by atoms with Crippen LogP contribution in [0.4, 0.5) is 11.4 Å². The Morgan fingerprint density at radius 1 is 0.931 bits per heavy atom. The van der Waals surface area contributed by atoms with Crippen molar-refractivity contribution in [3.8, 4) is 0 Å². The highest BCUT2D eigenvalue weighted by molar-refractivity contribution is 7.11. The van der Waals surface area contributed by atoms with Crippen LogP contribution in [0, 0.1) is 20.8 Å². The van der Waals surface area contributed by atoms with Crippen LogP contribution in [0.25, 0.3) is 5.57 Å². The summed E-state index contributed by atoms with van der Waals surface area (Å²) in [5.74, 6) is -0.705. The van der Waals surface area contributed by atoms with Gasteiger partial charge < -0.3 is 5.32 Å². The lowest BCUT2D eigenvalue weighted by Crippen LogP contribution is -2.32. The Labute approximate surface area is 178 Å². The number of thiophene rings is 1. The summed E-state index contributed by atoms with van der Waals surface area (Å²) in [4.78, 5) is 28.7. The molecule has 6 heteroatoms. The van der Waals surface area contributed by atoms with Crippen molar-refractivity contribution in [3.05, 3.63) is 86.2 Å². The lowest BCUT2D eigenvalue weighted by molar-refractivity contribution is -0.120. The van der Waals surface area contributed by atoms with Gasteiger partial charge in [0.05, 0.1) is 11.3 Å². The van der Waals surface area contributed by atoms with Crippen molar-refractivity contribution < 1.29 is 9.59 Å². The second-order valence-corrected chi connectivity index (χ2v) is 8.46. The number of nitrogens with one attached hydrogen (secondary N) is 1. The largest absolute Gasteiger partial charge is 0.350 e. The zero-order valence-corrected chi connectivity index (χ0v) is 17.8. The molecule has 4 nitrogen and oxygen atoms in total. The molecule has 3 aromatic rings.